The van der Waals surface area contributed by atoms with Crippen LogP contribution in [0.1, 0.15) is 25.7 Å². The van der Waals surface area contributed by atoms with Crippen molar-refractivity contribution in [2.45, 2.75) is 25.7 Å². The van der Waals surface area contributed by atoms with Crippen molar-refractivity contribution in [1.29, 1.82) is 0 Å². The second kappa shape index (κ2) is 7.28. The van der Waals surface area contributed by atoms with E-state index in [1.54, 1.807) is 0 Å². The zero-order chi connectivity index (χ0) is 14.5. The molecule has 0 atom stereocenters. The quantitative estimate of drug-likeness (QED) is 0.349. The third-order valence-electron chi connectivity index (χ3n) is 3.65. The summed E-state index contributed by atoms with van der Waals surface area (Å²) in [4.78, 5) is 0. The van der Waals surface area contributed by atoms with Gasteiger partial charge in [-0.15, -0.1) is 11.3 Å². The average molecular weight is 363 g/mol. The van der Waals surface area contributed by atoms with Gasteiger partial charge in [0.2, 0.25) is 0 Å². The Kier molecular flexibility index (Phi) is 5.15. The standard InChI is InChI=1S/C18H19BrOS/c19-12-5-1-2-6-13-20-15-9-7-11-17-18(15)14-8-3-4-10-16(14)21-17/h3-4,7-11H,1-2,5-6,12-13H2. The molecule has 0 unspecified atom stereocenters. The third-order valence-corrected chi connectivity index (χ3v) is 5.35. The number of hydrogen-bond acceptors (Lipinski definition) is 2. The van der Waals surface area contributed by atoms with Gasteiger partial charge in [-0.2, -0.15) is 0 Å². The van der Waals surface area contributed by atoms with Crippen LogP contribution in [0.5, 0.6) is 5.75 Å². The molecule has 0 radical (unpaired) electrons. The molecule has 0 saturated carbocycles. The maximum atomic E-state index is 6.06. The molecule has 0 aliphatic rings. The molecule has 0 bridgehead atoms. The lowest BCUT2D eigenvalue weighted by Gasteiger charge is -2.07. The van der Waals surface area contributed by atoms with E-state index in [0.717, 1.165) is 24.1 Å². The number of fused-ring (bicyclic) bond motifs is 3. The van der Waals surface area contributed by atoms with Crippen LogP contribution in [-0.2, 0) is 0 Å². The van der Waals surface area contributed by atoms with Gasteiger partial charge < -0.3 is 4.74 Å². The van der Waals surface area contributed by atoms with Crippen LogP contribution in [-0.4, -0.2) is 11.9 Å². The average Bonchev–Trinajstić information content (AvgIpc) is 2.90. The van der Waals surface area contributed by atoms with Gasteiger partial charge in [0.05, 0.1) is 6.61 Å². The molecule has 1 nitrogen and oxygen atoms in total. The molecule has 0 saturated heterocycles. The summed E-state index contributed by atoms with van der Waals surface area (Å²) in [5.74, 6) is 1.03. The smallest absolute Gasteiger partial charge is 0.128 e. The molecule has 1 heterocycles. The fourth-order valence-electron chi connectivity index (χ4n) is 2.59. The van der Waals surface area contributed by atoms with Gasteiger partial charge in [-0.3, -0.25) is 0 Å². The van der Waals surface area contributed by atoms with Crippen LogP contribution >= 0.6 is 27.3 Å². The Morgan fingerprint density at radius 2 is 1.67 bits per heavy atom. The van der Waals surface area contributed by atoms with Crippen molar-refractivity contribution < 1.29 is 4.74 Å². The number of thiophene rings is 1. The van der Waals surface area contributed by atoms with E-state index in [9.17, 15) is 0 Å². The first-order valence-electron chi connectivity index (χ1n) is 7.49. The summed E-state index contributed by atoms with van der Waals surface area (Å²) in [6.07, 6.45) is 4.91. The Morgan fingerprint density at radius 1 is 0.857 bits per heavy atom. The van der Waals surface area contributed by atoms with Gasteiger partial charge in [-0.25, -0.2) is 0 Å². The highest BCUT2D eigenvalue weighted by molar-refractivity contribution is 9.09. The molecular weight excluding hydrogens is 344 g/mol. The van der Waals surface area contributed by atoms with E-state index < -0.39 is 0 Å². The molecule has 1 aromatic heterocycles. The minimum absolute atomic E-state index is 0.811. The van der Waals surface area contributed by atoms with Crippen LogP contribution in [0.4, 0.5) is 0 Å². The van der Waals surface area contributed by atoms with Crippen LogP contribution in [0.3, 0.4) is 0 Å². The van der Waals surface area contributed by atoms with E-state index in [2.05, 4.69) is 58.4 Å². The number of rotatable bonds is 7. The lowest BCUT2D eigenvalue weighted by molar-refractivity contribution is 0.309. The van der Waals surface area contributed by atoms with Crippen molar-refractivity contribution in [2.24, 2.45) is 0 Å². The first-order chi connectivity index (χ1) is 10.4. The van der Waals surface area contributed by atoms with Crippen LogP contribution in [0, 0.1) is 0 Å². The molecule has 3 heteroatoms. The maximum absolute atomic E-state index is 6.06. The van der Waals surface area contributed by atoms with E-state index in [0.29, 0.717) is 0 Å². The SMILES string of the molecule is BrCCCCCCOc1cccc2sc3ccccc3c12. The number of alkyl halides is 1. The van der Waals surface area contributed by atoms with Gasteiger partial charge in [0.15, 0.2) is 0 Å². The highest BCUT2D eigenvalue weighted by atomic mass is 79.9. The predicted octanol–water partition coefficient (Wildman–Crippen LogP) is 6.39. The van der Waals surface area contributed by atoms with Crippen molar-refractivity contribution >= 4 is 47.4 Å². The summed E-state index contributed by atoms with van der Waals surface area (Å²) in [5.41, 5.74) is 0. The summed E-state index contributed by atoms with van der Waals surface area (Å²) >= 11 is 5.31. The van der Waals surface area contributed by atoms with E-state index in [-0.39, 0.29) is 0 Å². The molecular formula is C18H19BrOS. The Morgan fingerprint density at radius 3 is 2.57 bits per heavy atom. The molecule has 3 aromatic rings. The number of ether oxygens (including phenoxy) is 1. The van der Waals surface area contributed by atoms with Crippen molar-refractivity contribution in [3.05, 3.63) is 42.5 Å². The predicted molar refractivity (Wildman–Crippen MR) is 97.1 cm³/mol. The summed E-state index contributed by atoms with van der Waals surface area (Å²) in [6.45, 7) is 0.811. The lowest BCUT2D eigenvalue weighted by atomic mass is 10.1. The molecule has 110 valence electrons. The van der Waals surface area contributed by atoms with Crippen molar-refractivity contribution in [1.82, 2.24) is 0 Å². The molecule has 0 spiro atoms. The minimum atomic E-state index is 0.811. The molecule has 0 fully saturated rings. The van der Waals surface area contributed by atoms with E-state index in [4.69, 9.17) is 4.74 Å². The number of unbranched alkanes of at least 4 members (excludes halogenated alkanes) is 3. The van der Waals surface area contributed by atoms with Crippen molar-refractivity contribution in [3.8, 4) is 5.75 Å². The number of hydrogen-bond donors (Lipinski definition) is 0. The van der Waals surface area contributed by atoms with Gasteiger partial charge in [0.25, 0.3) is 0 Å². The van der Waals surface area contributed by atoms with E-state index in [1.807, 2.05) is 11.3 Å². The molecule has 3 rings (SSSR count). The largest absolute Gasteiger partial charge is 0.493 e. The summed E-state index contributed by atoms with van der Waals surface area (Å²) in [7, 11) is 0. The molecule has 2 aromatic carbocycles. The third kappa shape index (κ3) is 3.41. The molecule has 0 N–H and O–H groups in total. The second-order valence-corrected chi connectivity index (χ2v) is 7.06. The normalized spacial score (nSPS) is 11.3. The van der Waals surface area contributed by atoms with Gasteiger partial charge in [-0.05, 0) is 31.0 Å². The van der Waals surface area contributed by atoms with Crippen LogP contribution in [0.15, 0.2) is 42.5 Å². The fraction of sp³-hybridized carbons (Fsp3) is 0.333. The Hall–Kier alpha value is -1.06. The van der Waals surface area contributed by atoms with Gasteiger partial charge in [-0.1, -0.05) is 53.0 Å². The zero-order valence-corrected chi connectivity index (χ0v) is 14.4. The summed E-state index contributed by atoms with van der Waals surface area (Å²) < 4.78 is 8.71. The first-order valence-corrected chi connectivity index (χ1v) is 9.43. The Bertz CT molecular complexity index is 719. The summed E-state index contributed by atoms with van der Waals surface area (Å²) in [5, 5.41) is 3.69. The van der Waals surface area contributed by atoms with Crippen molar-refractivity contribution in [2.75, 3.05) is 11.9 Å². The van der Waals surface area contributed by atoms with Gasteiger partial charge >= 0.3 is 0 Å². The fourth-order valence-corrected chi connectivity index (χ4v) is 4.11. The van der Waals surface area contributed by atoms with Crippen molar-refractivity contribution in [3.63, 3.8) is 0 Å². The van der Waals surface area contributed by atoms with E-state index in [1.165, 1.54) is 39.4 Å². The van der Waals surface area contributed by atoms with Gasteiger partial charge in [0.1, 0.15) is 5.75 Å². The minimum Gasteiger partial charge on any atom is -0.493 e. The van der Waals surface area contributed by atoms with Crippen LogP contribution in [0.2, 0.25) is 0 Å². The van der Waals surface area contributed by atoms with Crippen LogP contribution in [0.25, 0.3) is 20.2 Å². The summed E-state index contributed by atoms with van der Waals surface area (Å²) in [6, 6.07) is 15.0. The monoisotopic (exact) mass is 362 g/mol. The molecule has 0 aliphatic heterocycles. The van der Waals surface area contributed by atoms with E-state index >= 15 is 0 Å². The highest BCUT2D eigenvalue weighted by Crippen LogP contribution is 2.39. The van der Waals surface area contributed by atoms with Gasteiger partial charge in [0, 0.05) is 25.5 Å². The lowest BCUT2D eigenvalue weighted by Crippen LogP contribution is -1.97. The molecule has 0 aliphatic carbocycles. The Balaban J connectivity index is 1.76. The maximum Gasteiger partial charge on any atom is 0.128 e. The molecule has 21 heavy (non-hydrogen) atoms. The number of halogens is 1. The number of benzene rings is 2. The van der Waals surface area contributed by atoms with Crippen LogP contribution < -0.4 is 4.74 Å². The second-order valence-electron chi connectivity index (χ2n) is 5.18. The Labute approximate surface area is 138 Å². The molecule has 0 amide bonds. The highest BCUT2D eigenvalue weighted by Gasteiger charge is 2.09. The topological polar surface area (TPSA) is 9.23 Å². The zero-order valence-electron chi connectivity index (χ0n) is 12.0. The first kappa shape index (κ1) is 14.9.